The quantitative estimate of drug-likeness (QED) is 0.155. The van der Waals surface area contributed by atoms with E-state index in [1.807, 2.05) is 133 Å². The number of fused-ring (bicyclic) bond motifs is 3. The molecule has 0 fully saturated rings. The molecule has 0 spiro atoms. The van der Waals surface area contributed by atoms with Crippen molar-refractivity contribution >= 4 is 39.0 Å². The number of hydrogen-bond donors (Lipinski definition) is 0. The van der Waals surface area contributed by atoms with Crippen LogP contribution in [0, 0.1) is 0 Å². The molecule has 56 heavy (non-hydrogen) atoms. The van der Waals surface area contributed by atoms with Gasteiger partial charge in [-0.15, -0.1) is 0 Å². The van der Waals surface area contributed by atoms with Crippen molar-refractivity contribution in [2.24, 2.45) is 0 Å². The van der Waals surface area contributed by atoms with Crippen LogP contribution in [0.3, 0.4) is 0 Å². The summed E-state index contributed by atoms with van der Waals surface area (Å²) in [7, 11) is 0. The zero-order valence-corrected chi connectivity index (χ0v) is 30.1. The van der Waals surface area contributed by atoms with Gasteiger partial charge in [-0.25, -0.2) is 0 Å². The van der Waals surface area contributed by atoms with E-state index in [4.69, 9.17) is 4.42 Å². The van der Waals surface area contributed by atoms with Gasteiger partial charge in [0.05, 0.1) is 16.7 Å². The third-order valence-corrected chi connectivity index (χ3v) is 10.1. The Morgan fingerprint density at radius 2 is 0.821 bits per heavy atom. The second kappa shape index (κ2) is 14.4. The Balaban J connectivity index is 1.33. The summed E-state index contributed by atoms with van der Waals surface area (Å²) in [6.07, 6.45) is 0. The highest BCUT2D eigenvalue weighted by Gasteiger charge is 2.23. The molecular weight excluding hydrogens is 679 g/mol. The number of benzene rings is 9. The van der Waals surface area contributed by atoms with E-state index in [0.29, 0.717) is 33.5 Å². The molecule has 0 saturated carbocycles. The highest BCUT2D eigenvalue weighted by Crippen LogP contribution is 2.48. The van der Waals surface area contributed by atoms with Gasteiger partial charge in [0.1, 0.15) is 11.2 Å². The van der Waals surface area contributed by atoms with Crippen molar-refractivity contribution in [1.82, 2.24) is 0 Å². The first-order valence-corrected chi connectivity index (χ1v) is 18.5. The Labute approximate surface area is 338 Å². The summed E-state index contributed by atoms with van der Waals surface area (Å²) >= 11 is 0. The van der Waals surface area contributed by atoms with Gasteiger partial charge in [-0.05, 0) is 80.8 Å². The Kier molecular flexibility index (Phi) is 6.59. The fourth-order valence-electron chi connectivity index (χ4n) is 7.45. The first-order valence-electron chi connectivity index (χ1n) is 22.5. The molecule has 264 valence electrons. The summed E-state index contributed by atoms with van der Waals surface area (Å²) in [6.45, 7) is 0. The number of anilines is 3. The normalized spacial score (nSPS) is 13.2. The summed E-state index contributed by atoms with van der Waals surface area (Å²) < 4.78 is 83.8. The van der Waals surface area contributed by atoms with Gasteiger partial charge in [0.15, 0.2) is 0 Å². The molecule has 0 radical (unpaired) electrons. The van der Waals surface area contributed by atoms with Crippen LogP contribution in [-0.4, -0.2) is 0 Å². The molecule has 2 heteroatoms. The topological polar surface area (TPSA) is 16.4 Å². The lowest BCUT2D eigenvalue weighted by atomic mass is 9.87. The van der Waals surface area contributed by atoms with Gasteiger partial charge in [0, 0.05) is 33.3 Å². The molecule has 1 heterocycles. The number of para-hydroxylation sites is 2. The van der Waals surface area contributed by atoms with Crippen molar-refractivity contribution in [2.75, 3.05) is 4.90 Å². The minimum absolute atomic E-state index is 0.0232. The molecule has 10 rings (SSSR count). The number of furan rings is 1. The lowest BCUT2D eigenvalue weighted by Gasteiger charge is -2.30. The van der Waals surface area contributed by atoms with E-state index in [-0.39, 0.29) is 46.7 Å². The average molecular weight is 724 g/mol. The third kappa shape index (κ3) is 6.04. The van der Waals surface area contributed by atoms with Crippen molar-refractivity contribution in [2.45, 2.75) is 0 Å². The van der Waals surface area contributed by atoms with Crippen LogP contribution >= 0.6 is 0 Å². The summed E-state index contributed by atoms with van der Waals surface area (Å²) in [5.41, 5.74) is 6.63. The van der Waals surface area contributed by atoms with E-state index in [1.165, 1.54) is 4.90 Å². The Hall–Kier alpha value is -7.42. The lowest BCUT2D eigenvalue weighted by molar-refractivity contribution is 0.670. The molecule has 0 N–H and O–H groups in total. The fourth-order valence-corrected chi connectivity index (χ4v) is 7.45. The third-order valence-electron chi connectivity index (χ3n) is 10.1. The van der Waals surface area contributed by atoms with Gasteiger partial charge in [-0.3, -0.25) is 0 Å². The van der Waals surface area contributed by atoms with Crippen LogP contribution in [0.2, 0.25) is 0 Å². The maximum absolute atomic E-state index is 9.88. The van der Waals surface area contributed by atoms with Crippen LogP contribution in [-0.2, 0) is 0 Å². The first-order chi connectivity index (χ1) is 31.2. The molecule has 0 amide bonds. The monoisotopic (exact) mass is 723 g/mol. The maximum Gasteiger partial charge on any atom is 0.143 e. The van der Waals surface area contributed by atoms with Crippen LogP contribution in [0.5, 0.6) is 0 Å². The molecule has 9 aromatic carbocycles. The molecule has 2 nitrogen and oxygen atoms in total. The van der Waals surface area contributed by atoms with E-state index < -0.39 is 24.2 Å². The Morgan fingerprint density at radius 3 is 1.50 bits per heavy atom. The molecule has 0 unspecified atom stereocenters. The van der Waals surface area contributed by atoms with Gasteiger partial charge in [0.2, 0.25) is 0 Å². The fraction of sp³-hybridized carbons (Fsp3) is 0. The van der Waals surface area contributed by atoms with Gasteiger partial charge < -0.3 is 9.32 Å². The van der Waals surface area contributed by atoms with Gasteiger partial charge >= 0.3 is 0 Å². The largest absolute Gasteiger partial charge is 0.455 e. The number of nitrogens with zero attached hydrogens (tertiary/aromatic N) is 1. The molecule has 0 aliphatic heterocycles. The van der Waals surface area contributed by atoms with Crippen molar-refractivity contribution in [3.05, 3.63) is 224 Å². The Bertz CT molecular complexity index is 3370. The van der Waals surface area contributed by atoms with Crippen molar-refractivity contribution in [1.29, 1.82) is 0 Å². The summed E-state index contributed by atoms with van der Waals surface area (Å²) in [5, 5.41) is 1.61. The van der Waals surface area contributed by atoms with Crippen LogP contribution in [0.15, 0.2) is 229 Å². The van der Waals surface area contributed by atoms with Gasteiger partial charge in [-0.2, -0.15) is 0 Å². The van der Waals surface area contributed by atoms with Crippen molar-refractivity contribution in [3.8, 4) is 55.6 Å². The van der Waals surface area contributed by atoms with E-state index in [2.05, 4.69) is 0 Å². The molecule has 1 aromatic heterocycles. The zero-order valence-electron chi connectivity index (χ0n) is 38.1. The standard InChI is InChI=1S/C54H37NO/c1-4-16-38(17-5-1)39-30-34-43(35-31-39)55(44-36-32-42(33-37-44)47-26-14-27-50-48-23-12-13-29-52(48)56-54(47)50)51-28-15-25-46(41-20-8-3-9-21-41)53(51)49-24-11-10-22-45(49)40-18-6-2-7-19-40/h1-37H/i30D,31D,32D,33D,34D,35D,36D,37D. The summed E-state index contributed by atoms with van der Waals surface area (Å²) in [6, 6.07) is 51.7. The Morgan fingerprint density at radius 1 is 0.339 bits per heavy atom. The molecule has 10 aromatic rings. The van der Waals surface area contributed by atoms with E-state index in [1.54, 1.807) is 42.5 Å². The first kappa shape index (κ1) is 25.6. The molecule has 0 bridgehead atoms. The summed E-state index contributed by atoms with van der Waals surface area (Å²) in [4.78, 5) is 1.41. The van der Waals surface area contributed by atoms with Crippen LogP contribution in [0.1, 0.15) is 11.0 Å². The SMILES string of the molecule is [2H]c1c([2H])c(N(c2cccc(-c3ccccc3)c2-c2ccccc2-c2ccccc2)c2c([2H])c([2H])c(-c3cccc4c3oc3ccccc34)c([2H])c2[2H])c([2H])c([2H])c1-c1ccccc1. The van der Waals surface area contributed by atoms with Gasteiger partial charge in [-0.1, -0.05) is 188 Å². The molecule has 0 aliphatic carbocycles. The van der Waals surface area contributed by atoms with Crippen molar-refractivity contribution in [3.63, 3.8) is 0 Å². The molecule has 0 atom stereocenters. The maximum atomic E-state index is 9.88. The highest BCUT2D eigenvalue weighted by molar-refractivity contribution is 6.09. The van der Waals surface area contributed by atoms with E-state index >= 15 is 0 Å². The van der Waals surface area contributed by atoms with Crippen LogP contribution < -0.4 is 4.90 Å². The molecular formula is C54H37NO. The van der Waals surface area contributed by atoms with Gasteiger partial charge in [0.25, 0.3) is 0 Å². The predicted molar refractivity (Wildman–Crippen MR) is 236 cm³/mol. The van der Waals surface area contributed by atoms with E-state index in [0.717, 1.165) is 38.6 Å². The van der Waals surface area contributed by atoms with Crippen molar-refractivity contribution < 1.29 is 15.4 Å². The second-order valence-electron chi connectivity index (χ2n) is 13.4. The van der Waals surface area contributed by atoms with Crippen LogP contribution in [0.25, 0.3) is 77.6 Å². The number of hydrogen-bond acceptors (Lipinski definition) is 2. The zero-order chi connectivity index (χ0) is 44.2. The predicted octanol–water partition coefficient (Wildman–Crippen LogP) is 15.4. The smallest absolute Gasteiger partial charge is 0.143 e. The number of rotatable bonds is 8. The van der Waals surface area contributed by atoms with E-state index in [9.17, 15) is 11.0 Å². The minimum Gasteiger partial charge on any atom is -0.455 e. The average Bonchev–Trinajstić information content (AvgIpc) is 3.73. The lowest BCUT2D eigenvalue weighted by Crippen LogP contribution is -2.12. The second-order valence-corrected chi connectivity index (χ2v) is 13.4. The highest BCUT2D eigenvalue weighted by atomic mass is 16.3. The molecule has 0 saturated heterocycles. The van der Waals surface area contributed by atoms with Crippen LogP contribution in [0.4, 0.5) is 17.1 Å². The minimum atomic E-state index is -0.444. The molecule has 0 aliphatic rings. The summed E-state index contributed by atoms with van der Waals surface area (Å²) in [5.74, 6) is 0.